The number of rotatable bonds is 1. The second-order valence-electron chi connectivity index (χ2n) is 4.26. The third-order valence-electron chi connectivity index (χ3n) is 1.44. The number of aromatic nitrogens is 1. The highest BCUT2D eigenvalue weighted by atomic mass is 127. The highest BCUT2D eigenvalue weighted by Gasteiger charge is 2.36. The lowest BCUT2D eigenvalue weighted by atomic mass is 10.2. The number of hydrogen-bond donors (Lipinski definition) is 1. The second kappa shape index (κ2) is 5.19. The van der Waals surface area contributed by atoms with E-state index in [2.05, 4.69) is 10.3 Å². The Morgan fingerprint density at radius 3 is 2.33 bits per heavy atom. The van der Waals surface area contributed by atoms with Gasteiger partial charge in [-0.3, -0.25) is 5.32 Å². The molecule has 0 saturated carbocycles. The Labute approximate surface area is 119 Å². The minimum absolute atomic E-state index is 0.0252. The molecule has 0 unspecified atom stereocenters. The Kier molecular flexibility index (Phi) is 4.47. The van der Waals surface area contributed by atoms with E-state index in [9.17, 15) is 18.0 Å². The van der Waals surface area contributed by atoms with E-state index in [0.717, 1.165) is 0 Å². The molecular formula is C9H10F3IN2O2S. The first-order valence-corrected chi connectivity index (χ1v) is 6.62. The van der Waals surface area contributed by atoms with Crippen LogP contribution in [0.25, 0.3) is 0 Å². The van der Waals surface area contributed by atoms with Crippen LogP contribution in [0.1, 0.15) is 25.8 Å². The normalized spacial score (nSPS) is 12.4. The quantitative estimate of drug-likeness (QED) is 0.730. The third-order valence-corrected chi connectivity index (χ3v) is 3.61. The number of halogens is 4. The molecule has 0 radical (unpaired) electrons. The van der Waals surface area contributed by atoms with Crippen molar-refractivity contribution in [2.24, 2.45) is 0 Å². The molecule has 0 aliphatic heterocycles. The summed E-state index contributed by atoms with van der Waals surface area (Å²) in [7, 11) is 0. The molecule has 4 nitrogen and oxygen atoms in total. The SMILES string of the molecule is CC(C)(C)OC(=O)Nc1sc(C(F)(F)F)nc1I. The fourth-order valence-electron chi connectivity index (χ4n) is 0.896. The van der Waals surface area contributed by atoms with Crippen molar-refractivity contribution in [3.63, 3.8) is 0 Å². The largest absolute Gasteiger partial charge is 0.444 e. The number of carbonyl (C=O) groups excluding carboxylic acids is 1. The maximum Gasteiger partial charge on any atom is 0.443 e. The topological polar surface area (TPSA) is 51.2 Å². The molecule has 0 bridgehead atoms. The van der Waals surface area contributed by atoms with Crippen molar-refractivity contribution in [2.45, 2.75) is 32.5 Å². The standard InChI is InChI=1S/C9H10F3IN2O2S/c1-8(2,3)17-7(16)15-5-4(13)14-6(18-5)9(10,11)12/h1-3H3,(H,15,16). The Bertz CT molecular complexity index is 454. The Morgan fingerprint density at radius 2 is 1.94 bits per heavy atom. The Morgan fingerprint density at radius 1 is 1.39 bits per heavy atom. The molecule has 18 heavy (non-hydrogen) atoms. The van der Waals surface area contributed by atoms with Gasteiger partial charge in [-0.05, 0) is 43.4 Å². The van der Waals surface area contributed by atoms with E-state index in [1.54, 1.807) is 43.4 Å². The molecule has 0 aliphatic rings. The number of ether oxygens (including phenoxy) is 1. The monoisotopic (exact) mass is 394 g/mol. The van der Waals surface area contributed by atoms with Crippen LogP contribution < -0.4 is 5.32 Å². The number of amides is 1. The van der Waals surface area contributed by atoms with Crippen molar-refractivity contribution in [1.29, 1.82) is 0 Å². The molecule has 0 aromatic carbocycles. The van der Waals surface area contributed by atoms with E-state index in [1.165, 1.54) is 0 Å². The van der Waals surface area contributed by atoms with Crippen LogP contribution in [0, 0.1) is 3.70 Å². The summed E-state index contributed by atoms with van der Waals surface area (Å²) in [5.74, 6) is 0. The van der Waals surface area contributed by atoms with Gasteiger partial charge in [0.1, 0.15) is 14.3 Å². The number of thiazole rings is 1. The first kappa shape index (κ1) is 15.5. The average molecular weight is 394 g/mol. The highest BCUT2D eigenvalue weighted by Crippen LogP contribution is 2.37. The van der Waals surface area contributed by atoms with E-state index >= 15 is 0 Å². The number of nitrogens with zero attached hydrogens (tertiary/aromatic N) is 1. The van der Waals surface area contributed by atoms with Gasteiger partial charge >= 0.3 is 12.3 Å². The van der Waals surface area contributed by atoms with Gasteiger partial charge in [-0.2, -0.15) is 13.2 Å². The molecule has 1 heterocycles. The van der Waals surface area contributed by atoms with Gasteiger partial charge in [-0.25, -0.2) is 9.78 Å². The number of anilines is 1. The molecule has 0 saturated heterocycles. The van der Waals surface area contributed by atoms with Crippen LogP contribution in [-0.4, -0.2) is 16.7 Å². The van der Waals surface area contributed by atoms with Gasteiger partial charge in [0.05, 0.1) is 0 Å². The van der Waals surface area contributed by atoms with E-state index in [0.29, 0.717) is 11.3 Å². The molecule has 0 atom stereocenters. The van der Waals surface area contributed by atoms with Crippen LogP contribution in [0.5, 0.6) is 0 Å². The van der Waals surface area contributed by atoms with Crippen molar-refractivity contribution < 1.29 is 22.7 Å². The van der Waals surface area contributed by atoms with Gasteiger partial charge < -0.3 is 4.74 Å². The van der Waals surface area contributed by atoms with E-state index in [1.807, 2.05) is 0 Å². The maximum absolute atomic E-state index is 12.4. The summed E-state index contributed by atoms with van der Waals surface area (Å²) < 4.78 is 42.2. The molecule has 1 aromatic rings. The lowest BCUT2D eigenvalue weighted by molar-refractivity contribution is -0.137. The summed E-state index contributed by atoms with van der Waals surface area (Å²) in [6.07, 6.45) is -5.32. The van der Waals surface area contributed by atoms with E-state index < -0.39 is 22.9 Å². The fraction of sp³-hybridized carbons (Fsp3) is 0.556. The van der Waals surface area contributed by atoms with Crippen LogP contribution in [0.3, 0.4) is 0 Å². The zero-order valence-electron chi connectivity index (χ0n) is 9.68. The smallest absolute Gasteiger partial charge is 0.443 e. The van der Waals surface area contributed by atoms with E-state index in [-0.39, 0.29) is 8.70 Å². The molecule has 0 fully saturated rings. The second-order valence-corrected chi connectivity index (χ2v) is 6.28. The summed E-state index contributed by atoms with van der Waals surface area (Å²) in [5, 5.41) is 1.27. The molecule has 102 valence electrons. The number of carbonyl (C=O) groups is 1. The molecule has 0 spiro atoms. The summed E-state index contributed by atoms with van der Waals surface area (Å²) in [4.78, 5) is 14.7. The minimum atomic E-state index is -4.52. The van der Waals surface area contributed by atoms with Gasteiger partial charge in [-0.1, -0.05) is 11.3 Å². The number of hydrogen-bond acceptors (Lipinski definition) is 4. The number of nitrogens with one attached hydrogen (secondary N) is 1. The summed E-state index contributed by atoms with van der Waals surface area (Å²) >= 11 is 1.99. The van der Waals surface area contributed by atoms with Crippen molar-refractivity contribution in [3.05, 3.63) is 8.71 Å². The van der Waals surface area contributed by atoms with Crippen LogP contribution in [0.15, 0.2) is 0 Å². The molecule has 1 N–H and O–H groups in total. The molecule has 1 aromatic heterocycles. The predicted octanol–water partition coefficient (Wildman–Crippen LogP) is 4.11. The summed E-state index contributed by atoms with van der Waals surface area (Å²) in [5.41, 5.74) is -0.715. The first-order valence-electron chi connectivity index (χ1n) is 4.72. The lowest BCUT2D eigenvalue weighted by Gasteiger charge is -2.19. The van der Waals surface area contributed by atoms with Crippen LogP contribution >= 0.6 is 33.9 Å². The van der Waals surface area contributed by atoms with Gasteiger partial charge in [0.15, 0.2) is 0 Å². The molecular weight excluding hydrogens is 384 g/mol. The van der Waals surface area contributed by atoms with Crippen LogP contribution in [0.2, 0.25) is 0 Å². The molecule has 0 aliphatic carbocycles. The predicted molar refractivity (Wildman–Crippen MR) is 69.7 cm³/mol. The third kappa shape index (κ3) is 4.59. The van der Waals surface area contributed by atoms with Crippen LogP contribution in [0.4, 0.5) is 23.0 Å². The van der Waals surface area contributed by atoms with Crippen molar-refractivity contribution >= 4 is 45.0 Å². The lowest BCUT2D eigenvalue weighted by Crippen LogP contribution is -2.27. The summed E-state index contributed by atoms with van der Waals surface area (Å²) in [6, 6.07) is 0. The van der Waals surface area contributed by atoms with Gasteiger partial charge in [0.25, 0.3) is 0 Å². The zero-order chi connectivity index (χ0) is 14.1. The minimum Gasteiger partial charge on any atom is -0.444 e. The maximum atomic E-state index is 12.4. The summed E-state index contributed by atoms with van der Waals surface area (Å²) in [6.45, 7) is 4.97. The Balaban J connectivity index is 2.80. The van der Waals surface area contributed by atoms with E-state index in [4.69, 9.17) is 4.74 Å². The highest BCUT2D eigenvalue weighted by molar-refractivity contribution is 14.1. The Hall–Kier alpha value is -0.580. The first-order chi connectivity index (χ1) is 7.99. The fourth-order valence-corrected chi connectivity index (χ4v) is 2.48. The van der Waals surface area contributed by atoms with Crippen molar-refractivity contribution in [1.82, 2.24) is 4.98 Å². The zero-order valence-corrected chi connectivity index (χ0v) is 12.7. The molecule has 1 rings (SSSR count). The van der Waals surface area contributed by atoms with Crippen molar-refractivity contribution in [2.75, 3.05) is 5.32 Å². The van der Waals surface area contributed by atoms with Gasteiger partial charge in [-0.15, -0.1) is 0 Å². The average Bonchev–Trinajstić information content (AvgIpc) is 2.43. The number of alkyl halides is 3. The van der Waals surface area contributed by atoms with Crippen molar-refractivity contribution in [3.8, 4) is 0 Å². The van der Waals surface area contributed by atoms with Gasteiger partial charge in [0, 0.05) is 0 Å². The van der Waals surface area contributed by atoms with Gasteiger partial charge in [0.2, 0.25) is 5.01 Å². The molecule has 9 heteroatoms. The molecule has 1 amide bonds. The van der Waals surface area contributed by atoms with Crippen LogP contribution in [-0.2, 0) is 10.9 Å².